The summed E-state index contributed by atoms with van der Waals surface area (Å²) in [6.45, 7) is 4.28. The second kappa shape index (κ2) is 6.89. The van der Waals surface area contributed by atoms with E-state index in [-0.39, 0.29) is 24.0 Å². The van der Waals surface area contributed by atoms with Gasteiger partial charge in [0.1, 0.15) is 6.10 Å². The molecule has 2 heterocycles. The van der Waals surface area contributed by atoms with Gasteiger partial charge in [-0.15, -0.1) is 0 Å². The van der Waals surface area contributed by atoms with Crippen LogP contribution >= 0.6 is 0 Å². The topological polar surface area (TPSA) is 58.6 Å². The van der Waals surface area contributed by atoms with E-state index in [1.165, 1.54) is 6.42 Å². The Morgan fingerprint density at radius 2 is 2.00 bits per heavy atom. The number of carbonyl (C=O) groups is 2. The summed E-state index contributed by atoms with van der Waals surface area (Å²) in [6.07, 6.45) is 5.23. The number of amides is 2. The summed E-state index contributed by atoms with van der Waals surface area (Å²) in [4.78, 5) is 25.8. The maximum absolute atomic E-state index is 12.1. The molecule has 0 aromatic rings. The number of rotatable bonds is 4. The van der Waals surface area contributed by atoms with Gasteiger partial charge in [0, 0.05) is 32.2 Å². The molecule has 5 nitrogen and oxygen atoms in total. The quantitative estimate of drug-likeness (QED) is 0.830. The van der Waals surface area contributed by atoms with Crippen molar-refractivity contribution in [3.8, 4) is 0 Å². The second-order valence-electron chi connectivity index (χ2n) is 5.56. The van der Waals surface area contributed by atoms with Gasteiger partial charge in [0.2, 0.25) is 11.8 Å². The van der Waals surface area contributed by atoms with Gasteiger partial charge in [0.15, 0.2) is 0 Å². The van der Waals surface area contributed by atoms with Gasteiger partial charge in [-0.3, -0.25) is 9.59 Å². The number of piperidine rings is 1. The molecular formula is C14H24N2O3. The molecule has 2 saturated heterocycles. The van der Waals surface area contributed by atoms with Gasteiger partial charge in [-0.05, 0) is 39.0 Å². The lowest BCUT2D eigenvalue weighted by Gasteiger charge is -2.28. The Bertz CT molecular complexity index is 321. The smallest absolute Gasteiger partial charge is 0.249 e. The van der Waals surface area contributed by atoms with Crippen molar-refractivity contribution >= 4 is 11.8 Å². The first-order chi connectivity index (χ1) is 9.16. The molecule has 0 spiro atoms. The molecule has 0 radical (unpaired) electrons. The van der Waals surface area contributed by atoms with E-state index in [0.717, 1.165) is 38.8 Å². The average molecular weight is 268 g/mol. The zero-order valence-electron chi connectivity index (χ0n) is 11.7. The predicted octanol–water partition coefficient (Wildman–Crippen LogP) is 1.07. The van der Waals surface area contributed by atoms with Crippen molar-refractivity contribution in [1.82, 2.24) is 10.2 Å². The van der Waals surface area contributed by atoms with Crippen LogP contribution in [0.2, 0.25) is 0 Å². The van der Waals surface area contributed by atoms with Crippen LogP contribution in [0, 0.1) is 0 Å². The second-order valence-corrected chi connectivity index (χ2v) is 5.56. The van der Waals surface area contributed by atoms with Crippen LogP contribution in [0.15, 0.2) is 0 Å². The van der Waals surface area contributed by atoms with E-state index >= 15 is 0 Å². The van der Waals surface area contributed by atoms with Crippen LogP contribution in [0.5, 0.6) is 0 Å². The monoisotopic (exact) mass is 268 g/mol. The van der Waals surface area contributed by atoms with Gasteiger partial charge in [-0.2, -0.15) is 0 Å². The molecule has 2 rings (SSSR count). The summed E-state index contributed by atoms with van der Waals surface area (Å²) in [5, 5.41) is 2.88. The van der Waals surface area contributed by atoms with E-state index in [0.29, 0.717) is 13.0 Å². The van der Waals surface area contributed by atoms with E-state index in [4.69, 9.17) is 4.74 Å². The Morgan fingerprint density at radius 3 is 2.63 bits per heavy atom. The first kappa shape index (κ1) is 14.3. The molecule has 0 aromatic heterocycles. The standard InChI is InChI=1S/C14H24N2O3/c1-11(15-14(18)12-6-5-9-19-12)10-13(17)16-7-3-2-4-8-16/h11-12H,2-10H2,1H3,(H,15,18). The molecule has 19 heavy (non-hydrogen) atoms. The lowest BCUT2D eigenvalue weighted by molar-refractivity contribution is -0.134. The van der Waals surface area contributed by atoms with E-state index in [9.17, 15) is 9.59 Å². The zero-order valence-corrected chi connectivity index (χ0v) is 11.7. The number of ether oxygens (including phenoxy) is 1. The lowest BCUT2D eigenvalue weighted by atomic mass is 10.1. The fourth-order valence-electron chi connectivity index (χ4n) is 2.71. The highest BCUT2D eigenvalue weighted by Crippen LogP contribution is 2.13. The van der Waals surface area contributed by atoms with E-state index in [1.54, 1.807) is 0 Å². The minimum absolute atomic E-state index is 0.0727. The van der Waals surface area contributed by atoms with Crippen LogP contribution < -0.4 is 5.32 Å². The summed E-state index contributed by atoms with van der Waals surface area (Å²) in [6, 6.07) is -0.119. The third-order valence-corrected chi connectivity index (χ3v) is 3.80. The van der Waals surface area contributed by atoms with Gasteiger partial charge in [-0.25, -0.2) is 0 Å². The Morgan fingerprint density at radius 1 is 1.26 bits per heavy atom. The molecule has 2 atom stereocenters. The molecule has 2 aliphatic heterocycles. The van der Waals surface area contributed by atoms with E-state index in [2.05, 4.69) is 5.32 Å². The van der Waals surface area contributed by atoms with Gasteiger partial charge in [-0.1, -0.05) is 0 Å². The highest BCUT2D eigenvalue weighted by Gasteiger charge is 2.26. The number of carbonyl (C=O) groups excluding carboxylic acids is 2. The van der Waals surface area contributed by atoms with Gasteiger partial charge in [0.05, 0.1) is 0 Å². The van der Waals surface area contributed by atoms with Crippen molar-refractivity contribution in [1.29, 1.82) is 0 Å². The highest BCUT2D eigenvalue weighted by atomic mass is 16.5. The largest absolute Gasteiger partial charge is 0.368 e. The molecule has 2 amide bonds. The van der Waals surface area contributed by atoms with E-state index < -0.39 is 0 Å². The van der Waals surface area contributed by atoms with Crippen molar-refractivity contribution in [2.75, 3.05) is 19.7 Å². The molecule has 0 bridgehead atoms. The zero-order chi connectivity index (χ0) is 13.7. The SMILES string of the molecule is CC(CC(=O)N1CCCCC1)NC(=O)C1CCCO1. The summed E-state index contributed by atoms with van der Waals surface area (Å²) >= 11 is 0. The Labute approximate surface area is 114 Å². The van der Waals surface area contributed by atoms with Crippen molar-refractivity contribution < 1.29 is 14.3 Å². The van der Waals surface area contributed by atoms with Gasteiger partial charge >= 0.3 is 0 Å². The van der Waals surface area contributed by atoms with Gasteiger partial charge < -0.3 is 15.0 Å². The first-order valence-corrected chi connectivity index (χ1v) is 7.36. The molecule has 5 heteroatoms. The fourth-order valence-corrected chi connectivity index (χ4v) is 2.71. The maximum Gasteiger partial charge on any atom is 0.249 e. The van der Waals surface area contributed by atoms with Crippen LogP contribution in [0.3, 0.4) is 0 Å². The molecule has 2 aliphatic rings. The number of hydrogen-bond acceptors (Lipinski definition) is 3. The minimum atomic E-state index is -0.312. The molecule has 0 saturated carbocycles. The Hall–Kier alpha value is -1.10. The first-order valence-electron chi connectivity index (χ1n) is 7.36. The normalized spacial score (nSPS) is 25.1. The summed E-state index contributed by atoms with van der Waals surface area (Å²) < 4.78 is 5.33. The number of nitrogens with zero attached hydrogens (tertiary/aromatic N) is 1. The maximum atomic E-state index is 12.1. The van der Waals surface area contributed by atoms with Crippen LogP contribution in [0.25, 0.3) is 0 Å². The lowest BCUT2D eigenvalue weighted by Crippen LogP contribution is -2.44. The fraction of sp³-hybridized carbons (Fsp3) is 0.857. The molecule has 1 N–H and O–H groups in total. The van der Waals surface area contributed by atoms with E-state index in [1.807, 2.05) is 11.8 Å². The minimum Gasteiger partial charge on any atom is -0.368 e. The third kappa shape index (κ3) is 4.20. The molecule has 2 unspecified atom stereocenters. The molecule has 0 aliphatic carbocycles. The average Bonchev–Trinajstić information content (AvgIpc) is 2.93. The molecule has 2 fully saturated rings. The van der Waals surface area contributed by atoms with Crippen molar-refractivity contribution in [3.05, 3.63) is 0 Å². The predicted molar refractivity (Wildman–Crippen MR) is 71.6 cm³/mol. The highest BCUT2D eigenvalue weighted by molar-refractivity contribution is 5.82. The van der Waals surface area contributed by atoms with Crippen LogP contribution in [-0.2, 0) is 14.3 Å². The summed E-state index contributed by atoms with van der Waals surface area (Å²) in [7, 11) is 0. The number of likely N-dealkylation sites (tertiary alicyclic amines) is 1. The third-order valence-electron chi connectivity index (χ3n) is 3.80. The molecule has 108 valence electrons. The van der Waals surface area contributed by atoms with Crippen molar-refractivity contribution in [3.63, 3.8) is 0 Å². The van der Waals surface area contributed by atoms with Crippen LogP contribution in [0.1, 0.15) is 45.4 Å². The van der Waals surface area contributed by atoms with Crippen LogP contribution in [-0.4, -0.2) is 48.6 Å². The number of hydrogen-bond donors (Lipinski definition) is 1. The van der Waals surface area contributed by atoms with Crippen LogP contribution in [0.4, 0.5) is 0 Å². The summed E-state index contributed by atoms with van der Waals surface area (Å²) in [5.74, 6) is 0.0799. The molecular weight excluding hydrogens is 244 g/mol. The Kier molecular flexibility index (Phi) is 5.19. The number of nitrogens with one attached hydrogen (secondary N) is 1. The van der Waals surface area contributed by atoms with Gasteiger partial charge in [0.25, 0.3) is 0 Å². The summed E-state index contributed by atoms with van der Waals surface area (Å²) in [5.41, 5.74) is 0. The Balaban J connectivity index is 1.72. The van der Waals surface area contributed by atoms with Crippen molar-refractivity contribution in [2.45, 2.75) is 57.6 Å². The van der Waals surface area contributed by atoms with Crippen molar-refractivity contribution in [2.24, 2.45) is 0 Å². The molecule has 0 aromatic carbocycles.